The van der Waals surface area contributed by atoms with E-state index in [0.717, 1.165) is 5.56 Å². The van der Waals surface area contributed by atoms with Crippen LogP contribution in [0.4, 0.5) is 0 Å². The van der Waals surface area contributed by atoms with Crippen molar-refractivity contribution in [3.8, 4) is 5.75 Å². The second-order valence-electron chi connectivity index (χ2n) is 3.91. The number of phenolic OH excluding ortho intramolecular Hbond substituents is 1. The zero-order valence-electron chi connectivity index (χ0n) is 12.2. The van der Waals surface area contributed by atoms with Crippen LogP contribution in [0.1, 0.15) is 19.4 Å². The number of hydrogen-bond donors (Lipinski definition) is 2. The summed E-state index contributed by atoms with van der Waals surface area (Å²) in [7, 11) is 1.58. The van der Waals surface area contributed by atoms with E-state index in [2.05, 4.69) is 6.58 Å². The normalized spacial score (nSPS) is 11.2. The monoisotopic (exact) mass is 274 g/mol. The fourth-order valence-corrected chi connectivity index (χ4v) is 0.983. The highest BCUT2D eigenvalue weighted by atomic mass is 16.5. The molecule has 0 aliphatic heterocycles. The standard InChI is InChI=1S/C13H14O2.C4H8O/c1-11(15-2)5-3-4-6-12-7-9-13(14)10-8-12;1-3-4(2)5/h3-10,14H,1H2,2H3;3,5H,1-2H3/b5-3+,6-4+;4-3+. The average molecular weight is 274 g/mol. The first-order chi connectivity index (χ1) is 9.49. The van der Waals surface area contributed by atoms with E-state index in [-0.39, 0.29) is 5.75 Å². The van der Waals surface area contributed by atoms with Gasteiger partial charge in [0.1, 0.15) is 11.5 Å². The van der Waals surface area contributed by atoms with Crippen molar-refractivity contribution in [1.82, 2.24) is 0 Å². The van der Waals surface area contributed by atoms with Crippen LogP contribution >= 0.6 is 0 Å². The second kappa shape index (κ2) is 10.5. The molecule has 1 rings (SSSR count). The summed E-state index contributed by atoms with van der Waals surface area (Å²) in [6.07, 6.45) is 9.07. The van der Waals surface area contributed by atoms with Crippen molar-refractivity contribution in [2.24, 2.45) is 0 Å². The van der Waals surface area contributed by atoms with E-state index < -0.39 is 0 Å². The molecule has 108 valence electrons. The van der Waals surface area contributed by atoms with Crippen LogP contribution in [0, 0.1) is 0 Å². The van der Waals surface area contributed by atoms with Crippen LogP contribution in [-0.4, -0.2) is 17.3 Å². The Kier molecular flexibility index (Phi) is 9.23. The van der Waals surface area contributed by atoms with Gasteiger partial charge in [-0.3, -0.25) is 0 Å². The lowest BCUT2D eigenvalue weighted by molar-refractivity contribution is 0.309. The van der Waals surface area contributed by atoms with Crippen LogP contribution in [0.25, 0.3) is 6.08 Å². The van der Waals surface area contributed by atoms with Gasteiger partial charge in [-0.15, -0.1) is 0 Å². The van der Waals surface area contributed by atoms with Gasteiger partial charge in [-0.1, -0.05) is 43.0 Å². The van der Waals surface area contributed by atoms with E-state index in [4.69, 9.17) is 14.9 Å². The number of allylic oxidation sites excluding steroid dienone is 5. The SMILES string of the molecule is C/C=C(\C)O.C=C(/C=C/C=C/c1ccc(O)cc1)OC. The quantitative estimate of drug-likeness (QED) is 0.623. The highest BCUT2D eigenvalue weighted by Crippen LogP contribution is 2.10. The van der Waals surface area contributed by atoms with Crippen LogP contribution in [0.5, 0.6) is 5.75 Å². The number of aliphatic hydroxyl groups is 1. The van der Waals surface area contributed by atoms with Gasteiger partial charge < -0.3 is 14.9 Å². The van der Waals surface area contributed by atoms with Gasteiger partial charge >= 0.3 is 0 Å². The molecule has 1 aromatic rings. The molecule has 0 aliphatic rings. The first-order valence-electron chi connectivity index (χ1n) is 6.18. The molecule has 0 heterocycles. The third-order valence-electron chi connectivity index (χ3n) is 2.25. The molecule has 1 aromatic carbocycles. The Hall–Kier alpha value is -2.42. The third-order valence-corrected chi connectivity index (χ3v) is 2.25. The number of rotatable bonds is 4. The Balaban J connectivity index is 0.000000621. The molecule has 0 spiro atoms. The molecule has 0 saturated heterocycles. The van der Waals surface area contributed by atoms with Gasteiger partial charge in [0.05, 0.1) is 12.9 Å². The summed E-state index contributed by atoms with van der Waals surface area (Å²) in [5.74, 6) is 1.27. The molecule has 0 saturated carbocycles. The zero-order chi connectivity index (χ0) is 15.4. The van der Waals surface area contributed by atoms with Crippen molar-refractivity contribution < 1.29 is 14.9 Å². The molecule has 0 atom stereocenters. The third kappa shape index (κ3) is 9.59. The van der Waals surface area contributed by atoms with Crippen molar-refractivity contribution in [1.29, 1.82) is 0 Å². The number of ether oxygens (including phenoxy) is 1. The van der Waals surface area contributed by atoms with Crippen molar-refractivity contribution in [3.05, 3.63) is 72.2 Å². The molecule has 0 fully saturated rings. The topological polar surface area (TPSA) is 49.7 Å². The minimum absolute atomic E-state index is 0.274. The Morgan fingerprint density at radius 3 is 2.20 bits per heavy atom. The van der Waals surface area contributed by atoms with Crippen molar-refractivity contribution >= 4 is 6.08 Å². The molecular weight excluding hydrogens is 252 g/mol. The average Bonchev–Trinajstić information content (AvgIpc) is 2.45. The van der Waals surface area contributed by atoms with Crippen molar-refractivity contribution in [2.45, 2.75) is 13.8 Å². The Morgan fingerprint density at radius 2 is 1.75 bits per heavy atom. The second-order valence-corrected chi connectivity index (χ2v) is 3.91. The van der Waals surface area contributed by atoms with E-state index in [0.29, 0.717) is 11.5 Å². The highest BCUT2D eigenvalue weighted by molar-refractivity contribution is 5.52. The lowest BCUT2D eigenvalue weighted by Crippen LogP contribution is -1.75. The smallest absolute Gasteiger partial charge is 0.115 e. The predicted molar refractivity (Wildman–Crippen MR) is 84.5 cm³/mol. The molecule has 3 nitrogen and oxygen atoms in total. The number of aromatic hydroxyl groups is 1. The van der Waals surface area contributed by atoms with Crippen molar-refractivity contribution in [2.75, 3.05) is 7.11 Å². The Bertz CT molecular complexity index is 475. The molecule has 20 heavy (non-hydrogen) atoms. The minimum Gasteiger partial charge on any atom is -0.513 e. The van der Waals surface area contributed by atoms with Gasteiger partial charge in [0.15, 0.2) is 0 Å². The maximum Gasteiger partial charge on any atom is 0.115 e. The molecule has 0 aliphatic carbocycles. The van der Waals surface area contributed by atoms with Crippen LogP contribution in [0.2, 0.25) is 0 Å². The van der Waals surface area contributed by atoms with Gasteiger partial charge in [0.2, 0.25) is 0 Å². The predicted octanol–water partition coefficient (Wildman–Crippen LogP) is 4.59. The van der Waals surface area contributed by atoms with Gasteiger partial charge in [0, 0.05) is 0 Å². The summed E-state index contributed by atoms with van der Waals surface area (Å²) >= 11 is 0. The summed E-state index contributed by atoms with van der Waals surface area (Å²) in [6, 6.07) is 6.98. The number of phenols is 1. The Labute approximate surface area is 120 Å². The maximum atomic E-state index is 9.07. The van der Waals surface area contributed by atoms with E-state index >= 15 is 0 Å². The van der Waals surface area contributed by atoms with Crippen LogP contribution < -0.4 is 0 Å². The van der Waals surface area contributed by atoms with Crippen LogP contribution in [0.3, 0.4) is 0 Å². The van der Waals surface area contributed by atoms with E-state index in [1.807, 2.05) is 30.4 Å². The highest BCUT2D eigenvalue weighted by Gasteiger charge is 1.86. The summed E-state index contributed by atoms with van der Waals surface area (Å²) in [5, 5.41) is 17.3. The minimum atomic E-state index is 0.274. The van der Waals surface area contributed by atoms with Crippen LogP contribution in [0.15, 0.2) is 66.7 Å². The first-order valence-corrected chi connectivity index (χ1v) is 6.18. The maximum absolute atomic E-state index is 9.07. The van der Waals surface area contributed by atoms with Crippen LogP contribution in [-0.2, 0) is 4.74 Å². The summed E-state index contributed by atoms with van der Waals surface area (Å²) in [5.41, 5.74) is 1.03. The largest absolute Gasteiger partial charge is 0.513 e. The number of benzene rings is 1. The van der Waals surface area contributed by atoms with Crippen molar-refractivity contribution in [3.63, 3.8) is 0 Å². The lowest BCUT2D eigenvalue weighted by Gasteiger charge is -1.94. The molecule has 3 heteroatoms. The van der Waals surface area contributed by atoms with Gasteiger partial charge in [0.25, 0.3) is 0 Å². The Morgan fingerprint density at radius 1 is 1.20 bits per heavy atom. The lowest BCUT2D eigenvalue weighted by atomic mass is 10.2. The molecule has 2 N–H and O–H groups in total. The van der Waals surface area contributed by atoms with Gasteiger partial charge in [-0.25, -0.2) is 0 Å². The van der Waals surface area contributed by atoms with E-state index in [1.54, 1.807) is 45.2 Å². The first kappa shape index (κ1) is 17.6. The molecular formula is C17H22O3. The molecule has 0 radical (unpaired) electrons. The van der Waals surface area contributed by atoms with Gasteiger partial charge in [-0.2, -0.15) is 0 Å². The summed E-state index contributed by atoms with van der Waals surface area (Å²) in [4.78, 5) is 0. The van der Waals surface area contributed by atoms with E-state index in [1.165, 1.54) is 0 Å². The number of aliphatic hydroxyl groups excluding tert-OH is 1. The van der Waals surface area contributed by atoms with Gasteiger partial charge in [-0.05, 0) is 37.6 Å². The zero-order valence-corrected chi connectivity index (χ0v) is 12.2. The molecule has 0 aromatic heterocycles. The number of methoxy groups -OCH3 is 1. The molecule has 0 amide bonds. The fraction of sp³-hybridized carbons (Fsp3) is 0.176. The van der Waals surface area contributed by atoms with E-state index in [9.17, 15) is 0 Å². The molecule has 0 bridgehead atoms. The summed E-state index contributed by atoms with van der Waals surface area (Å²) in [6.45, 7) is 7.08. The summed E-state index contributed by atoms with van der Waals surface area (Å²) < 4.78 is 4.87. The number of hydrogen-bond acceptors (Lipinski definition) is 3. The molecule has 0 unspecified atom stereocenters. The fourth-order valence-electron chi connectivity index (χ4n) is 0.983.